The van der Waals surface area contributed by atoms with E-state index in [-0.39, 0.29) is 0 Å². The van der Waals surface area contributed by atoms with Crippen molar-refractivity contribution in [2.45, 2.75) is 24.3 Å². The summed E-state index contributed by atoms with van der Waals surface area (Å²) in [6.45, 7) is 3.40. The van der Waals surface area contributed by atoms with Gasteiger partial charge in [0.1, 0.15) is 0 Å². The fourth-order valence-corrected chi connectivity index (χ4v) is 5.42. The number of hydrogen-bond acceptors (Lipinski definition) is 4. The van der Waals surface area contributed by atoms with Gasteiger partial charge in [0, 0.05) is 35.5 Å². The number of fused-ring (bicyclic) bond motifs is 2. The quantitative estimate of drug-likeness (QED) is 0.350. The van der Waals surface area contributed by atoms with E-state index < -0.39 is 11.1 Å². The van der Waals surface area contributed by atoms with Crippen molar-refractivity contribution < 1.29 is 8.76 Å². The summed E-state index contributed by atoms with van der Waals surface area (Å²) in [5.41, 5.74) is 6.02. The predicted molar refractivity (Wildman–Crippen MR) is 135 cm³/mol. The maximum absolute atomic E-state index is 11.8. The summed E-state index contributed by atoms with van der Waals surface area (Å²) in [4.78, 5) is 7.65. The molecule has 1 N–H and O–H groups in total. The van der Waals surface area contributed by atoms with Crippen molar-refractivity contribution in [1.82, 2.24) is 19.5 Å². The Morgan fingerprint density at radius 3 is 2.38 bits per heavy atom. The van der Waals surface area contributed by atoms with Gasteiger partial charge in [-0.2, -0.15) is 5.10 Å². The van der Waals surface area contributed by atoms with Crippen LogP contribution < -0.4 is 0 Å². The molecule has 0 bridgehead atoms. The van der Waals surface area contributed by atoms with Crippen LogP contribution in [-0.4, -0.2) is 41.3 Å². The van der Waals surface area contributed by atoms with Crippen LogP contribution in [0.5, 0.6) is 0 Å². The molecule has 7 heteroatoms. The average Bonchev–Trinajstić information content (AvgIpc) is 3.53. The van der Waals surface area contributed by atoms with Gasteiger partial charge in [-0.05, 0) is 54.1 Å². The topological polar surface area (TPSA) is 70.7 Å². The Kier molecular flexibility index (Phi) is 5.45. The molecule has 0 radical (unpaired) electrons. The van der Waals surface area contributed by atoms with Gasteiger partial charge in [-0.25, -0.2) is 13.7 Å². The van der Waals surface area contributed by atoms with E-state index in [1.807, 2.05) is 48.9 Å². The van der Waals surface area contributed by atoms with Crippen molar-refractivity contribution in [2.24, 2.45) is 0 Å². The SMILES string of the molecule is O=S(O)c1ccc(-c2cnn3cc(-c4ccc(CN5CCCC5)cc4)cnc23)c2ccccc12. The van der Waals surface area contributed by atoms with E-state index in [1.165, 1.54) is 31.5 Å². The third-order valence-corrected chi connectivity index (χ3v) is 7.34. The molecule has 1 aliphatic rings. The van der Waals surface area contributed by atoms with E-state index in [4.69, 9.17) is 4.98 Å². The van der Waals surface area contributed by atoms with Crippen LogP contribution >= 0.6 is 0 Å². The molecule has 0 spiro atoms. The second kappa shape index (κ2) is 8.76. The number of nitrogens with zero attached hydrogens (tertiary/aromatic N) is 4. The Hall–Kier alpha value is -3.39. The molecule has 3 aromatic carbocycles. The van der Waals surface area contributed by atoms with Gasteiger partial charge in [0.2, 0.25) is 0 Å². The first kappa shape index (κ1) is 21.2. The summed E-state index contributed by atoms with van der Waals surface area (Å²) >= 11 is -2.05. The van der Waals surface area contributed by atoms with E-state index in [1.54, 1.807) is 10.6 Å². The Labute approximate surface area is 200 Å². The summed E-state index contributed by atoms with van der Waals surface area (Å²) in [6.07, 6.45) is 8.30. The van der Waals surface area contributed by atoms with Crippen LogP contribution in [0.3, 0.4) is 0 Å². The second-order valence-electron chi connectivity index (χ2n) is 8.76. The van der Waals surface area contributed by atoms with Crippen molar-refractivity contribution in [3.63, 3.8) is 0 Å². The van der Waals surface area contributed by atoms with E-state index in [9.17, 15) is 8.76 Å². The zero-order chi connectivity index (χ0) is 23.1. The van der Waals surface area contributed by atoms with Gasteiger partial charge in [-0.1, -0.05) is 54.6 Å². The Bertz CT molecular complexity index is 1520. The van der Waals surface area contributed by atoms with Crippen molar-refractivity contribution in [1.29, 1.82) is 0 Å². The van der Waals surface area contributed by atoms with Crippen LogP contribution in [0, 0.1) is 0 Å². The minimum atomic E-state index is -2.05. The van der Waals surface area contributed by atoms with Gasteiger partial charge >= 0.3 is 0 Å². The first-order valence-corrected chi connectivity index (χ1v) is 12.6. The molecule has 6 nitrogen and oxygen atoms in total. The van der Waals surface area contributed by atoms with Crippen molar-refractivity contribution in [3.05, 3.63) is 84.8 Å². The van der Waals surface area contributed by atoms with Crippen molar-refractivity contribution >= 4 is 27.5 Å². The molecule has 1 unspecified atom stereocenters. The van der Waals surface area contributed by atoms with Gasteiger partial charge in [-0.3, -0.25) is 4.90 Å². The molecule has 6 rings (SSSR count). The molecule has 3 heterocycles. The summed E-state index contributed by atoms with van der Waals surface area (Å²) in [7, 11) is 0. The van der Waals surface area contributed by atoms with E-state index in [0.717, 1.165) is 45.2 Å². The molecule has 170 valence electrons. The van der Waals surface area contributed by atoms with Gasteiger partial charge in [-0.15, -0.1) is 0 Å². The third-order valence-electron chi connectivity index (χ3n) is 6.61. The molecule has 1 fully saturated rings. The molecule has 5 aromatic rings. The first-order valence-electron chi connectivity index (χ1n) is 11.5. The lowest BCUT2D eigenvalue weighted by molar-refractivity contribution is 0.331. The van der Waals surface area contributed by atoms with Crippen LogP contribution in [0.15, 0.2) is 84.1 Å². The molecule has 1 saturated heterocycles. The fourth-order valence-electron chi connectivity index (χ4n) is 4.87. The number of benzene rings is 3. The molecule has 1 aliphatic heterocycles. The molecule has 0 saturated carbocycles. The zero-order valence-electron chi connectivity index (χ0n) is 18.6. The van der Waals surface area contributed by atoms with Crippen LogP contribution in [0.4, 0.5) is 0 Å². The van der Waals surface area contributed by atoms with Crippen LogP contribution in [0.25, 0.3) is 38.7 Å². The van der Waals surface area contributed by atoms with Gasteiger partial charge in [0.25, 0.3) is 0 Å². The third kappa shape index (κ3) is 3.81. The smallest absolute Gasteiger partial charge is 0.187 e. The van der Waals surface area contributed by atoms with Gasteiger partial charge < -0.3 is 4.55 Å². The van der Waals surface area contributed by atoms with Crippen molar-refractivity contribution in [3.8, 4) is 22.3 Å². The zero-order valence-corrected chi connectivity index (χ0v) is 19.4. The van der Waals surface area contributed by atoms with Gasteiger partial charge in [0.15, 0.2) is 16.7 Å². The minimum absolute atomic E-state index is 0.402. The summed E-state index contributed by atoms with van der Waals surface area (Å²) in [5.74, 6) is 0. The average molecular weight is 469 g/mol. The Morgan fingerprint density at radius 1 is 0.853 bits per heavy atom. The highest BCUT2D eigenvalue weighted by molar-refractivity contribution is 7.79. The Morgan fingerprint density at radius 2 is 1.62 bits per heavy atom. The summed E-state index contributed by atoms with van der Waals surface area (Å²) < 4.78 is 23.3. The van der Waals surface area contributed by atoms with E-state index >= 15 is 0 Å². The monoisotopic (exact) mass is 468 g/mol. The maximum Gasteiger partial charge on any atom is 0.187 e. The lowest BCUT2D eigenvalue weighted by Gasteiger charge is -2.14. The number of hydrogen-bond donors (Lipinski definition) is 1. The standard InChI is InChI=1S/C27H24N4O2S/c32-34(33)26-12-11-23(22-5-1-2-6-24(22)26)25-16-29-31-18-21(15-28-27(25)31)20-9-7-19(8-10-20)17-30-13-3-4-14-30/h1-2,5-12,15-16,18H,3-4,13-14,17H2,(H,32,33). The lowest BCUT2D eigenvalue weighted by Crippen LogP contribution is -2.18. The largest absolute Gasteiger partial charge is 0.302 e. The molecule has 34 heavy (non-hydrogen) atoms. The fraction of sp³-hybridized carbons (Fsp3) is 0.185. The molecule has 0 aliphatic carbocycles. The lowest BCUT2D eigenvalue weighted by atomic mass is 10.00. The molecule has 0 amide bonds. The normalized spacial score (nSPS) is 15.3. The van der Waals surface area contributed by atoms with E-state index in [0.29, 0.717) is 4.90 Å². The number of rotatable bonds is 5. The van der Waals surface area contributed by atoms with Crippen LogP contribution in [0.1, 0.15) is 18.4 Å². The first-order chi connectivity index (χ1) is 16.7. The predicted octanol–water partition coefficient (Wildman–Crippen LogP) is 5.39. The van der Waals surface area contributed by atoms with Crippen LogP contribution in [-0.2, 0) is 17.6 Å². The van der Waals surface area contributed by atoms with Gasteiger partial charge in [0.05, 0.1) is 11.1 Å². The second-order valence-corrected chi connectivity index (χ2v) is 9.69. The highest BCUT2D eigenvalue weighted by Crippen LogP contribution is 2.34. The highest BCUT2D eigenvalue weighted by Gasteiger charge is 2.16. The van der Waals surface area contributed by atoms with Crippen LogP contribution in [0.2, 0.25) is 0 Å². The summed E-state index contributed by atoms with van der Waals surface area (Å²) in [5, 5.41) is 6.22. The summed E-state index contributed by atoms with van der Waals surface area (Å²) in [6, 6.07) is 19.9. The minimum Gasteiger partial charge on any atom is -0.302 e. The molecular formula is C27H24N4O2S. The maximum atomic E-state index is 11.8. The number of likely N-dealkylation sites (tertiary alicyclic amines) is 1. The molecular weight excluding hydrogens is 444 g/mol. The molecule has 1 atom stereocenters. The molecule has 2 aromatic heterocycles. The Balaban J connectivity index is 1.35. The van der Waals surface area contributed by atoms with Crippen molar-refractivity contribution in [2.75, 3.05) is 13.1 Å². The van der Waals surface area contributed by atoms with E-state index in [2.05, 4.69) is 34.3 Å². The number of aromatic nitrogens is 3. The highest BCUT2D eigenvalue weighted by atomic mass is 32.2.